The average Bonchev–Trinajstić information content (AvgIpc) is 3.69. The monoisotopic (exact) mass is 550 g/mol. The van der Waals surface area contributed by atoms with Crippen LogP contribution in [0.4, 0.5) is 4.39 Å². The van der Waals surface area contributed by atoms with Crippen molar-refractivity contribution in [3.05, 3.63) is 88.4 Å². The number of carbonyl (C=O) groups excluding carboxylic acids is 2. The SMILES string of the molecule is Cc1ccc(-c2nnn(CC(=O)N(Cc3ccccc3Cl)C(C(=O)NC3CCCC3)c3ccc(F)cc3)n2)o1. The summed E-state index contributed by atoms with van der Waals surface area (Å²) in [5.41, 5.74) is 1.14. The van der Waals surface area contributed by atoms with E-state index in [4.69, 9.17) is 16.0 Å². The highest BCUT2D eigenvalue weighted by atomic mass is 35.5. The first-order valence-corrected chi connectivity index (χ1v) is 13.2. The molecule has 1 aliphatic carbocycles. The Morgan fingerprint density at radius 2 is 1.87 bits per heavy atom. The van der Waals surface area contributed by atoms with E-state index in [1.807, 2.05) is 6.07 Å². The quantitative estimate of drug-likeness (QED) is 0.319. The first-order chi connectivity index (χ1) is 18.9. The van der Waals surface area contributed by atoms with Crippen molar-refractivity contribution in [3.63, 3.8) is 0 Å². The fraction of sp³-hybridized carbons (Fsp3) is 0.321. The summed E-state index contributed by atoms with van der Waals surface area (Å²) < 4.78 is 19.4. The lowest BCUT2D eigenvalue weighted by Gasteiger charge is -2.32. The zero-order chi connectivity index (χ0) is 27.4. The van der Waals surface area contributed by atoms with Crippen molar-refractivity contribution in [2.75, 3.05) is 0 Å². The molecule has 1 unspecified atom stereocenters. The van der Waals surface area contributed by atoms with E-state index in [9.17, 15) is 14.0 Å². The Morgan fingerprint density at radius 3 is 2.56 bits per heavy atom. The third-order valence-corrected chi connectivity index (χ3v) is 7.13. The maximum absolute atomic E-state index is 13.9. The van der Waals surface area contributed by atoms with Crippen LogP contribution in [0, 0.1) is 12.7 Å². The van der Waals surface area contributed by atoms with Gasteiger partial charge in [0.1, 0.15) is 24.2 Å². The molecule has 0 aliphatic heterocycles. The molecule has 2 aromatic heterocycles. The van der Waals surface area contributed by atoms with Crippen molar-refractivity contribution >= 4 is 23.4 Å². The first kappa shape index (κ1) is 26.6. The van der Waals surface area contributed by atoms with E-state index >= 15 is 0 Å². The normalized spacial score (nSPS) is 14.3. The lowest BCUT2D eigenvalue weighted by molar-refractivity contribution is -0.142. The smallest absolute Gasteiger partial charge is 0.247 e. The van der Waals surface area contributed by atoms with E-state index in [0.29, 0.717) is 27.7 Å². The van der Waals surface area contributed by atoms with Gasteiger partial charge in [-0.1, -0.05) is 54.8 Å². The molecule has 0 saturated heterocycles. The molecule has 2 aromatic carbocycles. The number of rotatable bonds is 9. The molecule has 0 bridgehead atoms. The number of carbonyl (C=O) groups is 2. The molecule has 9 nitrogen and oxygen atoms in total. The van der Waals surface area contributed by atoms with Crippen LogP contribution in [0.1, 0.15) is 48.6 Å². The zero-order valence-electron chi connectivity index (χ0n) is 21.4. The van der Waals surface area contributed by atoms with Crippen LogP contribution < -0.4 is 5.32 Å². The lowest BCUT2D eigenvalue weighted by Crippen LogP contribution is -2.46. The van der Waals surface area contributed by atoms with Gasteiger partial charge < -0.3 is 14.6 Å². The molecule has 39 heavy (non-hydrogen) atoms. The summed E-state index contributed by atoms with van der Waals surface area (Å²) in [6.07, 6.45) is 3.81. The van der Waals surface area contributed by atoms with Crippen LogP contribution in [0.15, 0.2) is 65.1 Å². The van der Waals surface area contributed by atoms with E-state index in [2.05, 4.69) is 20.7 Å². The Bertz CT molecular complexity index is 1450. The van der Waals surface area contributed by atoms with Crippen molar-refractivity contribution in [2.24, 2.45) is 0 Å². The van der Waals surface area contributed by atoms with Gasteiger partial charge in [-0.3, -0.25) is 9.59 Å². The van der Waals surface area contributed by atoms with Crippen LogP contribution >= 0.6 is 11.6 Å². The van der Waals surface area contributed by atoms with Gasteiger partial charge in [0.25, 0.3) is 0 Å². The van der Waals surface area contributed by atoms with Gasteiger partial charge in [0.05, 0.1) is 0 Å². The number of hydrogen-bond donors (Lipinski definition) is 1. The van der Waals surface area contributed by atoms with Gasteiger partial charge in [-0.2, -0.15) is 4.80 Å². The van der Waals surface area contributed by atoms with Crippen LogP contribution in [0.2, 0.25) is 5.02 Å². The molecular weight excluding hydrogens is 523 g/mol. The van der Waals surface area contributed by atoms with Crippen LogP contribution in [0.25, 0.3) is 11.6 Å². The minimum atomic E-state index is -1.04. The van der Waals surface area contributed by atoms with E-state index < -0.39 is 17.8 Å². The molecule has 11 heteroatoms. The standard InChI is InChI=1S/C28H28ClFN6O3/c1-18-10-15-24(39-18)27-32-34-36(33-27)17-25(37)35(16-20-6-2-5-9-23(20)29)26(19-11-13-21(30)14-12-19)28(38)31-22-7-3-4-8-22/h2,5-6,9-15,22,26H,3-4,7-8,16-17H2,1H3,(H,31,38). The molecule has 1 fully saturated rings. The first-order valence-electron chi connectivity index (χ1n) is 12.8. The summed E-state index contributed by atoms with van der Waals surface area (Å²) in [5, 5.41) is 15.9. The van der Waals surface area contributed by atoms with Crippen LogP contribution in [0.3, 0.4) is 0 Å². The lowest BCUT2D eigenvalue weighted by atomic mass is 10.0. The van der Waals surface area contributed by atoms with Crippen LogP contribution in [-0.4, -0.2) is 43.0 Å². The summed E-state index contributed by atoms with van der Waals surface area (Å²) in [4.78, 5) is 30.2. The van der Waals surface area contributed by atoms with Gasteiger partial charge in [0.15, 0.2) is 5.76 Å². The van der Waals surface area contributed by atoms with Gasteiger partial charge >= 0.3 is 0 Å². The number of halogens is 2. The third-order valence-electron chi connectivity index (χ3n) is 6.76. The Labute approximate surface area is 229 Å². The van der Waals surface area contributed by atoms with Gasteiger partial charge in [-0.05, 0) is 66.4 Å². The van der Waals surface area contributed by atoms with Crippen LogP contribution in [0.5, 0.6) is 0 Å². The molecule has 4 aromatic rings. The zero-order valence-corrected chi connectivity index (χ0v) is 22.1. The predicted octanol–water partition coefficient (Wildman–Crippen LogP) is 4.86. The molecule has 1 aliphatic rings. The van der Waals surface area contributed by atoms with E-state index in [0.717, 1.165) is 30.5 Å². The fourth-order valence-corrected chi connectivity index (χ4v) is 4.97. The third kappa shape index (κ3) is 6.34. The second kappa shape index (κ2) is 11.8. The van der Waals surface area contributed by atoms with E-state index in [-0.39, 0.29) is 30.9 Å². The molecule has 1 atom stereocenters. The average molecular weight is 551 g/mol. The fourth-order valence-electron chi connectivity index (χ4n) is 4.78. The minimum Gasteiger partial charge on any atom is -0.458 e. The number of furan rings is 1. The van der Waals surface area contributed by atoms with Crippen molar-refractivity contribution in [2.45, 2.75) is 57.8 Å². The van der Waals surface area contributed by atoms with Crippen molar-refractivity contribution in [1.82, 2.24) is 30.4 Å². The summed E-state index contributed by atoms with van der Waals surface area (Å²) in [6.45, 7) is 1.55. The van der Waals surface area contributed by atoms with E-state index in [1.165, 1.54) is 29.2 Å². The Kier molecular flexibility index (Phi) is 8.02. The second-order valence-electron chi connectivity index (χ2n) is 9.61. The minimum absolute atomic E-state index is 0.0222. The number of hydrogen-bond acceptors (Lipinski definition) is 6. The number of nitrogens with zero attached hydrogens (tertiary/aromatic N) is 5. The highest BCUT2D eigenvalue weighted by Gasteiger charge is 2.34. The summed E-state index contributed by atoms with van der Waals surface area (Å²) >= 11 is 6.46. The molecule has 202 valence electrons. The molecule has 2 amide bonds. The van der Waals surface area contributed by atoms with Crippen molar-refractivity contribution in [1.29, 1.82) is 0 Å². The molecule has 0 radical (unpaired) electrons. The maximum Gasteiger partial charge on any atom is 0.247 e. The predicted molar refractivity (Wildman–Crippen MR) is 142 cm³/mol. The number of amides is 2. The topological polar surface area (TPSA) is 106 Å². The van der Waals surface area contributed by atoms with Gasteiger partial charge in [-0.15, -0.1) is 10.2 Å². The maximum atomic E-state index is 13.9. The Balaban J connectivity index is 1.48. The molecule has 5 rings (SSSR count). The largest absolute Gasteiger partial charge is 0.458 e. The number of tetrazole rings is 1. The Hall–Kier alpha value is -4.05. The molecule has 0 spiro atoms. The second-order valence-corrected chi connectivity index (χ2v) is 10.0. The summed E-state index contributed by atoms with van der Waals surface area (Å²) in [6, 6.07) is 15.2. The van der Waals surface area contributed by atoms with Gasteiger partial charge in [-0.25, -0.2) is 4.39 Å². The summed E-state index contributed by atoms with van der Waals surface area (Å²) in [5.74, 6) is 0.142. The number of aryl methyl sites for hydroxylation is 1. The highest BCUT2D eigenvalue weighted by Crippen LogP contribution is 2.28. The number of nitrogens with one attached hydrogen (secondary N) is 1. The van der Waals surface area contributed by atoms with Crippen molar-refractivity contribution in [3.8, 4) is 11.6 Å². The molecule has 1 saturated carbocycles. The number of aromatic nitrogens is 4. The van der Waals surface area contributed by atoms with Crippen molar-refractivity contribution < 1.29 is 18.4 Å². The van der Waals surface area contributed by atoms with Gasteiger partial charge in [0, 0.05) is 17.6 Å². The highest BCUT2D eigenvalue weighted by molar-refractivity contribution is 6.31. The van der Waals surface area contributed by atoms with Gasteiger partial charge in [0.2, 0.25) is 17.6 Å². The molecule has 2 heterocycles. The van der Waals surface area contributed by atoms with E-state index in [1.54, 1.807) is 37.3 Å². The van der Waals surface area contributed by atoms with Crippen LogP contribution in [-0.2, 0) is 22.7 Å². The Morgan fingerprint density at radius 1 is 1.13 bits per heavy atom. The number of benzene rings is 2. The molecular formula is C28H28ClFN6O3. The molecule has 1 N–H and O–H groups in total. The summed E-state index contributed by atoms with van der Waals surface area (Å²) in [7, 11) is 0.